The zero-order valence-electron chi connectivity index (χ0n) is 11.3. The van der Waals surface area contributed by atoms with Crippen LogP contribution in [0.1, 0.15) is 41.0 Å². The predicted octanol–water partition coefficient (Wildman–Crippen LogP) is 2.52. The molecule has 0 aliphatic rings. The summed E-state index contributed by atoms with van der Waals surface area (Å²) in [6, 6.07) is 1.69. The first-order chi connectivity index (χ1) is 7.92. The lowest BCUT2D eigenvalue weighted by molar-refractivity contribution is -0.129. The maximum Gasteiger partial charge on any atom is 0.220 e. The van der Waals surface area contributed by atoms with Crippen LogP contribution >= 0.6 is 0 Å². The highest BCUT2D eigenvalue weighted by molar-refractivity contribution is 5.83. The quantitative estimate of drug-likeness (QED) is 0.687. The van der Waals surface area contributed by atoms with E-state index >= 15 is 0 Å². The van der Waals surface area contributed by atoms with Crippen LogP contribution in [-0.4, -0.2) is 29.1 Å². The average Bonchev–Trinajstić information content (AvgIpc) is 2.28. The third-order valence-electron chi connectivity index (χ3n) is 2.56. The molecule has 0 heterocycles. The molecule has 4 heteroatoms. The molecule has 0 saturated heterocycles. The maximum atomic E-state index is 11.4. The Morgan fingerprint density at radius 3 is 2.47 bits per heavy atom. The van der Waals surface area contributed by atoms with Crippen molar-refractivity contribution in [3.05, 3.63) is 11.8 Å². The van der Waals surface area contributed by atoms with E-state index in [1.54, 1.807) is 11.8 Å². The van der Waals surface area contributed by atoms with Crippen LogP contribution in [0.4, 0.5) is 0 Å². The van der Waals surface area contributed by atoms with Crippen LogP contribution in [0.5, 0.6) is 0 Å². The van der Waals surface area contributed by atoms with Gasteiger partial charge in [-0.05, 0) is 27.7 Å². The molecule has 4 nitrogen and oxygen atoms in total. The van der Waals surface area contributed by atoms with Crippen molar-refractivity contribution in [2.75, 3.05) is 6.54 Å². The highest BCUT2D eigenvalue weighted by Crippen LogP contribution is 2.03. The molecule has 0 spiro atoms. The molecule has 1 amide bonds. The number of allylic oxidation sites excluding steroid dienone is 2. The standard InChI is InChI=1S/C13H21N3O/c1-6-10(2)15-11(3)7-8-16(13(5)17)12(4)9-14/h6,12H,7-8H2,1-5H3/b10-6+,15-11+. The highest BCUT2D eigenvalue weighted by Gasteiger charge is 2.15. The number of hydrogen-bond donors (Lipinski definition) is 0. The molecule has 0 aromatic rings. The van der Waals surface area contributed by atoms with Crippen molar-refractivity contribution in [3.63, 3.8) is 0 Å². The first-order valence-corrected chi connectivity index (χ1v) is 5.76. The zero-order valence-corrected chi connectivity index (χ0v) is 11.3. The molecule has 0 N–H and O–H groups in total. The Morgan fingerprint density at radius 2 is 2.06 bits per heavy atom. The van der Waals surface area contributed by atoms with Crippen molar-refractivity contribution in [2.45, 2.75) is 47.1 Å². The number of nitriles is 1. The zero-order chi connectivity index (χ0) is 13.4. The Balaban J connectivity index is 4.48. The normalized spacial score (nSPS) is 14.1. The highest BCUT2D eigenvalue weighted by atomic mass is 16.2. The minimum Gasteiger partial charge on any atom is -0.327 e. The summed E-state index contributed by atoms with van der Waals surface area (Å²) in [5.41, 5.74) is 1.93. The van der Waals surface area contributed by atoms with Crippen molar-refractivity contribution in [3.8, 4) is 6.07 Å². The van der Waals surface area contributed by atoms with E-state index in [9.17, 15) is 4.79 Å². The number of rotatable bonds is 5. The Labute approximate surface area is 104 Å². The first-order valence-electron chi connectivity index (χ1n) is 5.76. The lowest BCUT2D eigenvalue weighted by Gasteiger charge is -2.23. The van der Waals surface area contributed by atoms with Crippen molar-refractivity contribution in [1.29, 1.82) is 5.26 Å². The summed E-state index contributed by atoms with van der Waals surface area (Å²) in [6.45, 7) is 9.55. The van der Waals surface area contributed by atoms with Gasteiger partial charge < -0.3 is 4.90 Å². The van der Waals surface area contributed by atoms with Crippen molar-refractivity contribution < 1.29 is 4.79 Å². The monoisotopic (exact) mass is 235 g/mol. The molecule has 0 saturated carbocycles. The van der Waals surface area contributed by atoms with E-state index in [1.807, 2.05) is 26.8 Å². The van der Waals surface area contributed by atoms with Gasteiger partial charge in [0.1, 0.15) is 6.04 Å². The SMILES string of the molecule is C/C=C(C)/N=C(\C)CCN(C(C)=O)C(C)C#N. The van der Waals surface area contributed by atoms with Crippen molar-refractivity contribution >= 4 is 11.6 Å². The largest absolute Gasteiger partial charge is 0.327 e. The summed E-state index contributed by atoms with van der Waals surface area (Å²) in [6.07, 6.45) is 2.63. The Kier molecular flexibility index (Phi) is 6.88. The van der Waals surface area contributed by atoms with Gasteiger partial charge >= 0.3 is 0 Å². The van der Waals surface area contributed by atoms with E-state index in [4.69, 9.17) is 5.26 Å². The van der Waals surface area contributed by atoms with Crippen molar-refractivity contribution in [1.82, 2.24) is 4.90 Å². The predicted molar refractivity (Wildman–Crippen MR) is 69.6 cm³/mol. The van der Waals surface area contributed by atoms with Crippen LogP contribution in [0, 0.1) is 11.3 Å². The van der Waals surface area contributed by atoms with Gasteiger partial charge in [-0.25, -0.2) is 0 Å². The molecular formula is C13H21N3O. The maximum absolute atomic E-state index is 11.4. The number of nitrogens with zero attached hydrogens (tertiary/aromatic N) is 3. The number of hydrogen-bond acceptors (Lipinski definition) is 3. The smallest absolute Gasteiger partial charge is 0.220 e. The van der Waals surface area contributed by atoms with E-state index in [0.717, 1.165) is 11.4 Å². The molecule has 0 aromatic carbocycles. The summed E-state index contributed by atoms with van der Waals surface area (Å²) in [5.74, 6) is -0.0744. The summed E-state index contributed by atoms with van der Waals surface area (Å²) >= 11 is 0. The van der Waals surface area contributed by atoms with E-state index in [2.05, 4.69) is 11.1 Å². The average molecular weight is 235 g/mol. The number of amides is 1. The van der Waals surface area contributed by atoms with Crippen LogP contribution in [0.25, 0.3) is 0 Å². The van der Waals surface area contributed by atoms with Gasteiger partial charge in [0.25, 0.3) is 0 Å². The molecule has 0 aliphatic heterocycles. The molecule has 17 heavy (non-hydrogen) atoms. The molecule has 0 rings (SSSR count). The fourth-order valence-electron chi connectivity index (χ4n) is 1.40. The molecule has 0 fully saturated rings. The van der Waals surface area contributed by atoms with Gasteiger partial charge in [0.15, 0.2) is 0 Å². The summed E-state index contributed by atoms with van der Waals surface area (Å²) < 4.78 is 0. The molecule has 0 aliphatic carbocycles. The lowest BCUT2D eigenvalue weighted by atomic mass is 10.2. The van der Waals surface area contributed by atoms with Crippen LogP contribution in [0.3, 0.4) is 0 Å². The van der Waals surface area contributed by atoms with E-state index in [-0.39, 0.29) is 11.9 Å². The Morgan fingerprint density at radius 1 is 1.47 bits per heavy atom. The molecule has 0 radical (unpaired) electrons. The van der Waals surface area contributed by atoms with Crippen LogP contribution in [-0.2, 0) is 4.79 Å². The van der Waals surface area contributed by atoms with Crippen LogP contribution < -0.4 is 0 Å². The van der Waals surface area contributed by atoms with Gasteiger partial charge in [-0.2, -0.15) is 5.26 Å². The second-order valence-corrected chi connectivity index (χ2v) is 4.04. The number of carbonyl (C=O) groups is 1. The third-order valence-corrected chi connectivity index (χ3v) is 2.56. The van der Waals surface area contributed by atoms with Gasteiger partial charge in [0.05, 0.1) is 6.07 Å². The second-order valence-electron chi connectivity index (χ2n) is 4.04. The van der Waals surface area contributed by atoms with Gasteiger partial charge in [-0.15, -0.1) is 0 Å². The third kappa shape index (κ3) is 5.86. The molecule has 94 valence electrons. The van der Waals surface area contributed by atoms with Gasteiger partial charge in [0.2, 0.25) is 5.91 Å². The second kappa shape index (κ2) is 7.61. The van der Waals surface area contributed by atoms with Gasteiger partial charge in [-0.1, -0.05) is 6.08 Å². The minimum absolute atomic E-state index is 0.0744. The molecule has 0 aromatic heterocycles. The van der Waals surface area contributed by atoms with Crippen LogP contribution in [0.15, 0.2) is 16.8 Å². The number of aliphatic imine (C=N–C) groups is 1. The fourth-order valence-corrected chi connectivity index (χ4v) is 1.40. The minimum atomic E-state index is -0.386. The summed E-state index contributed by atoms with van der Waals surface area (Å²) in [5, 5.41) is 8.82. The van der Waals surface area contributed by atoms with Crippen molar-refractivity contribution in [2.24, 2.45) is 4.99 Å². The van der Waals surface area contributed by atoms with E-state index in [0.29, 0.717) is 13.0 Å². The van der Waals surface area contributed by atoms with Gasteiger partial charge in [0, 0.05) is 31.3 Å². The molecular weight excluding hydrogens is 214 g/mol. The number of carbonyl (C=O) groups excluding carboxylic acids is 1. The molecule has 1 atom stereocenters. The molecule has 0 bridgehead atoms. The topological polar surface area (TPSA) is 56.5 Å². The first kappa shape index (κ1) is 15.4. The van der Waals surface area contributed by atoms with Crippen LogP contribution in [0.2, 0.25) is 0 Å². The Bertz CT molecular complexity index is 363. The summed E-state index contributed by atoms with van der Waals surface area (Å²) in [4.78, 5) is 17.3. The van der Waals surface area contributed by atoms with E-state index < -0.39 is 0 Å². The van der Waals surface area contributed by atoms with E-state index in [1.165, 1.54) is 6.92 Å². The lowest BCUT2D eigenvalue weighted by Crippen LogP contribution is -2.37. The Hall–Kier alpha value is -1.63. The van der Waals surface area contributed by atoms with Gasteiger partial charge in [-0.3, -0.25) is 9.79 Å². The summed E-state index contributed by atoms with van der Waals surface area (Å²) in [7, 11) is 0. The molecule has 1 unspecified atom stereocenters. The fraction of sp³-hybridized carbons (Fsp3) is 0.615.